The fourth-order valence-electron chi connectivity index (χ4n) is 9.57. The van der Waals surface area contributed by atoms with Crippen molar-refractivity contribution in [3.8, 4) is 0 Å². The van der Waals surface area contributed by atoms with Gasteiger partial charge in [0.1, 0.15) is 23.9 Å². The van der Waals surface area contributed by atoms with E-state index >= 15 is 0 Å². The van der Waals surface area contributed by atoms with Crippen molar-refractivity contribution in [2.75, 3.05) is 55.0 Å². The molecule has 3 rings (SSSR count). The summed E-state index contributed by atoms with van der Waals surface area (Å²) in [5.41, 5.74) is -4.33. The molecule has 3 heterocycles. The number of hydrogen-bond donors (Lipinski definition) is 5. The van der Waals surface area contributed by atoms with Gasteiger partial charge in [-0.05, 0) is 102 Å². The molecule has 3 aliphatic heterocycles. The highest BCUT2D eigenvalue weighted by molar-refractivity contribution is 5.73. The van der Waals surface area contributed by atoms with Gasteiger partial charge in [0.25, 0.3) is 0 Å². The lowest BCUT2D eigenvalue weighted by molar-refractivity contribution is -0.313. The largest absolute Gasteiger partial charge is 0.459 e. The Bertz CT molecular complexity index is 1230. The predicted octanol–water partition coefficient (Wildman–Crippen LogP) is 1.83. The van der Waals surface area contributed by atoms with Gasteiger partial charge in [0.15, 0.2) is 12.6 Å². The van der Waals surface area contributed by atoms with E-state index in [0.717, 1.165) is 0 Å². The first-order valence-electron chi connectivity index (χ1n) is 20.7. The molecule has 330 valence electrons. The molecule has 0 spiro atoms. The van der Waals surface area contributed by atoms with Gasteiger partial charge >= 0.3 is 5.97 Å². The van der Waals surface area contributed by atoms with Crippen LogP contribution in [0.3, 0.4) is 0 Å². The topological polar surface area (TPSA) is 183 Å². The zero-order valence-electron chi connectivity index (χ0n) is 37.0. The van der Waals surface area contributed by atoms with E-state index in [1.165, 1.54) is 14.0 Å². The molecule has 0 aromatic rings. The molecule has 0 aromatic carbocycles. The molecule has 5 N–H and O–H groups in total. The zero-order chi connectivity index (χ0) is 42.7. The van der Waals surface area contributed by atoms with Crippen molar-refractivity contribution in [2.24, 2.45) is 17.8 Å². The molecule has 0 saturated carbocycles. The molecule has 3 aliphatic rings. The van der Waals surface area contributed by atoms with Crippen LogP contribution in [0.5, 0.6) is 0 Å². The Balaban J connectivity index is 2.22. The summed E-state index contributed by atoms with van der Waals surface area (Å²) in [6.45, 7) is 18.9. The molecule has 15 nitrogen and oxygen atoms in total. The highest BCUT2D eigenvalue weighted by Gasteiger charge is 2.53. The number of aliphatic hydroxyl groups is 5. The summed E-state index contributed by atoms with van der Waals surface area (Å²) in [5, 5.41) is 57.0. The van der Waals surface area contributed by atoms with Crippen LogP contribution in [0.25, 0.3) is 0 Å². The van der Waals surface area contributed by atoms with Crippen LogP contribution in [0.1, 0.15) is 94.9 Å². The van der Waals surface area contributed by atoms with E-state index in [0.29, 0.717) is 19.5 Å². The SMILES string of the molecule is CC[C@H]1OC(=O)[C@H](C)[C@@H](O[C@H]2C[C@@](C)(OC)[C@@H](O)[C@H](C)O2)[C@H](C)[C@@H](O[C@@H]2O[C@H](C)C[C@@H](N(C)CCO)[C@@H]2N(C)C)[C@](C)(O)C[C@@H](C)CN(C)[C@H](C)[C@@H](O)[C@]1(C)O. The van der Waals surface area contributed by atoms with Crippen molar-refractivity contribution < 1.29 is 58.7 Å². The number of nitrogens with zero attached hydrogens (tertiary/aromatic N) is 3. The van der Waals surface area contributed by atoms with Gasteiger partial charge in [-0.3, -0.25) is 9.69 Å². The first-order chi connectivity index (χ1) is 25.9. The number of esters is 1. The molecule has 0 unspecified atom stereocenters. The molecular formula is C41H79N3O12. The molecule has 3 saturated heterocycles. The highest BCUT2D eigenvalue weighted by Crippen LogP contribution is 2.40. The van der Waals surface area contributed by atoms with Crippen molar-refractivity contribution in [3.63, 3.8) is 0 Å². The summed E-state index contributed by atoms with van der Waals surface area (Å²) in [4.78, 5) is 20.5. The van der Waals surface area contributed by atoms with Crippen LogP contribution in [0.15, 0.2) is 0 Å². The zero-order valence-corrected chi connectivity index (χ0v) is 37.0. The second-order valence-electron chi connectivity index (χ2n) is 18.4. The van der Waals surface area contributed by atoms with E-state index in [4.69, 9.17) is 28.4 Å². The smallest absolute Gasteiger partial charge is 0.311 e. The summed E-state index contributed by atoms with van der Waals surface area (Å²) in [5.74, 6) is -2.48. The van der Waals surface area contributed by atoms with Crippen molar-refractivity contribution in [1.29, 1.82) is 0 Å². The van der Waals surface area contributed by atoms with Crippen LogP contribution in [-0.4, -0.2) is 191 Å². The van der Waals surface area contributed by atoms with Crippen molar-refractivity contribution in [2.45, 2.75) is 185 Å². The van der Waals surface area contributed by atoms with E-state index in [2.05, 4.69) is 4.90 Å². The second-order valence-corrected chi connectivity index (χ2v) is 18.4. The van der Waals surface area contributed by atoms with E-state index < -0.39 is 89.9 Å². The summed E-state index contributed by atoms with van der Waals surface area (Å²) in [7, 11) is 9.27. The Labute approximate surface area is 336 Å². The number of cyclic esters (lactones) is 1. The number of rotatable bonds is 10. The van der Waals surface area contributed by atoms with Crippen LogP contribution in [-0.2, 0) is 33.2 Å². The van der Waals surface area contributed by atoms with Gasteiger partial charge in [-0.2, -0.15) is 0 Å². The summed E-state index contributed by atoms with van der Waals surface area (Å²) in [6.07, 6.45) is -6.52. The lowest BCUT2D eigenvalue weighted by atomic mass is 9.77. The summed E-state index contributed by atoms with van der Waals surface area (Å²) < 4.78 is 38.6. The predicted molar refractivity (Wildman–Crippen MR) is 212 cm³/mol. The first-order valence-corrected chi connectivity index (χ1v) is 20.7. The Morgan fingerprint density at radius 1 is 0.946 bits per heavy atom. The van der Waals surface area contributed by atoms with Gasteiger partial charge in [-0.25, -0.2) is 0 Å². The normalized spacial score (nSPS) is 47.0. The van der Waals surface area contributed by atoms with Gasteiger partial charge < -0.3 is 63.8 Å². The fourth-order valence-corrected chi connectivity index (χ4v) is 9.57. The van der Waals surface area contributed by atoms with E-state index in [9.17, 15) is 30.3 Å². The van der Waals surface area contributed by atoms with Gasteiger partial charge in [0.05, 0.1) is 54.2 Å². The molecule has 0 bridgehead atoms. The molecule has 15 heteroatoms. The number of likely N-dealkylation sites (N-methyl/N-ethyl adjacent to an activating group) is 3. The minimum Gasteiger partial charge on any atom is -0.459 e. The van der Waals surface area contributed by atoms with E-state index in [1.54, 1.807) is 34.6 Å². The maximum absolute atomic E-state index is 14.4. The third kappa shape index (κ3) is 11.2. The minimum atomic E-state index is -1.80. The average Bonchev–Trinajstić information content (AvgIpc) is 3.11. The molecule has 56 heavy (non-hydrogen) atoms. The van der Waals surface area contributed by atoms with Crippen molar-refractivity contribution >= 4 is 5.97 Å². The number of hydrogen-bond acceptors (Lipinski definition) is 15. The highest BCUT2D eigenvalue weighted by atomic mass is 16.7. The van der Waals surface area contributed by atoms with Crippen LogP contribution in [0, 0.1) is 17.8 Å². The van der Waals surface area contributed by atoms with Crippen LogP contribution in [0.2, 0.25) is 0 Å². The molecule has 0 aromatic heterocycles. The van der Waals surface area contributed by atoms with Crippen LogP contribution in [0.4, 0.5) is 0 Å². The van der Waals surface area contributed by atoms with Gasteiger partial charge in [-0.15, -0.1) is 0 Å². The fraction of sp³-hybridized carbons (Fsp3) is 0.976. The molecule has 18 atom stereocenters. The van der Waals surface area contributed by atoms with E-state index in [-0.39, 0.29) is 50.0 Å². The molecule has 0 radical (unpaired) electrons. The lowest BCUT2D eigenvalue weighted by Gasteiger charge is -2.51. The number of aliphatic hydroxyl groups excluding tert-OH is 3. The summed E-state index contributed by atoms with van der Waals surface area (Å²) in [6, 6.07) is -0.880. The number of carbonyl (C=O) groups is 1. The van der Waals surface area contributed by atoms with Gasteiger partial charge in [0.2, 0.25) is 0 Å². The maximum atomic E-state index is 14.4. The molecule has 0 aliphatic carbocycles. The van der Waals surface area contributed by atoms with Crippen molar-refractivity contribution in [3.05, 3.63) is 0 Å². The Hall–Kier alpha value is -1.05. The Kier molecular flexibility index (Phi) is 17.6. The first kappa shape index (κ1) is 49.3. The monoisotopic (exact) mass is 806 g/mol. The number of methoxy groups -OCH3 is 1. The maximum Gasteiger partial charge on any atom is 0.311 e. The average molecular weight is 806 g/mol. The molecular weight excluding hydrogens is 726 g/mol. The van der Waals surface area contributed by atoms with Gasteiger partial charge in [-0.1, -0.05) is 20.8 Å². The Morgan fingerprint density at radius 2 is 1.57 bits per heavy atom. The standard InChI is InChI=1S/C41H79N3O12/c1-16-30-41(10,50)34(46)27(6)44(14)22-23(2)20-39(8,49)36(56-38-32(42(11)12)29(19-24(3)52-38)43(13)17-18-45)25(4)33(26(5)37(48)54-30)55-31-21-40(9,51-15)35(47)28(7)53-31/h23-36,38,45-47,49-50H,16-22H2,1-15H3/t23-,24-,25+,26-,27-,28+,29-,30-,31+,32+,33+,34-,35+,36-,38+,39-,40-,41-/m1/s1. The van der Waals surface area contributed by atoms with E-state index in [1.807, 2.05) is 65.7 Å². The molecule has 0 amide bonds. The van der Waals surface area contributed by atoms with Gasteiger partial charge in [0, 0.05) is 44.6 Å². The van der Waals surface area contributed by atoms with Crippen molar-refractivity contribution in [1.82, 2.24) is 14.7 Å². The number of carbonyl (C=O) groups excluding carboxylic acids is 1. The minimum absolute atomic E-state index is 0.00735. The molecule has 3 fully saturated rings. The quantitative estimate of drug-likeness (QED) is 0.202. The third-order valence-corrected chi connectivity index (χ3v) is 13.2. The van der Waals surface area contributed by atoms with Crippen LogP contribution < -0.4 is 0 Å². The third-order valence-electron chi connectivity index (χ3n) is 13.2. The van der Waals surface area contributed by atoms with Crippen LogP contribution >= 0.6 is 0 Å². The lowest BCUT2D eigenvalue weighted by Crippen LogP contribution is -2.63. The Morgan fingerprint density at radius 3 is 2.12 bits per heavy atom. The number of ether oxygens (including phenoxy) is 6. The summed E-state index contributed by atoms with van der Waals surface area (Å²) >= 11 is 0. The second kappa shape index (κ2) is 20.0.